The summed E-state index contributed by atoms with van der Waals surface area (Å²) in [6, 6.07) is 23.4. The van der Waals surface area contributed by atoms with Gasteiger partial charge >= 0.3 is 0 Å². The Morgan fingerprint density at radius 2 is 1.64 bits per heavy atom. The maximum Gasteiger partial charge on any atom is 0.233 e. The molecule has 0 N–H and O–H groups in total. The molecule has 0 bridgehead atoms. The van der Waals surface area contributed by atoms with Crippen LogP contribution < -0.4 is 0 Å². The number of nitrogens with zero attached hydrogens (tertiary/aromatic N) is 1. The minimum Gasteiger partial charge on any atom is -0.255 e. The van der Waals surface area contributed by atoms with Gasteiger partial charge in [0.25, 0.3) is 0 Å². The fourth-order valence-electron chi connectivity index (χ4n) is 3.07. The van der Waals surface area contributed by atoms with Crippen molar-refractivity contribution >= 4 is 38.0 Å². The molecule has 0 amide bonds. The molecule has 0 radical (unpaired) electrons. The second-order valence-electron chi connectivity index (χ2n) is 6.58. The highest BCUT2D eigenvalue weighted by molar-refractivity contribution is 7.88. The van der Waals surface area contributed by atoms with Crippen LogP contribution in [0.2, 0.25) is 0 Å². The van der Waals surface area contributed by atoms with E-state index in [1.807, 2.05) is 72.8 Å². The Morgan fingerprint density at radius 1 is 1.00 bits per heavy atom. The Hall–Kier alpha value is -2.56. The summed E-state index contributed by atoms with van der Waals surface area (Å²) < 4.78 is 26.3. The van der Waals surface area contributed by atoms with Gasteiger partial charge in [-0.25, -0.2) is 8.42 Å². The third kappa shape index (κ3) is 4.64. The van der Waals surface area contributed by atoms with Crippen molar-refractivity contribution < 1.29 is 8.42 Å². The monoisotopic (exact) mass is 411 g/mol. The van der Waals surface area contributed by atoms with Crippen molar-refractivity contribution in [1.82, 2.24) is 4.31 Å². The van der Waals surface area contributed by atoms with Gasteiger partial charge in [0.2, 0.25) is 10.0 Å². The largest absolute Gasteiger partial charge is 0.255 e. The maximum atomic E-state index is 12.5. The van der Waals surface area contributed by atoms with E-state index in [0.717, 1.165) is 27.5 Å². The highest BCUT2D eigenvalue weighted by atomic mass is 35.5. The Balaban J connectivity index is 2.12. The van der Waals surface area contributed by atoms with Crippen molar-refractivity contribution in [2.24, 2.45) is 0 Å². The SMILES string of the molecule is C=CC/C(=C(\Cl)N(Cc1ccccc1)S(C)(=O)=O)c1ccc2ccccc2c1. The molecule has 0 atom stereocenters. The summed E-state index contributed by atoms with van der Waals surface area (Å²) in [7, 11) is -3.57. The molecule has 0 spiro atoms. The van der Waals surface area contributed by atoms with Gasteiger partial charge in [-0.05, 0) is 40.0 Å². The third-order valence-corrected chi connectivity index (χ3v) is 6.13. The minimum atomic E-state index is -3.57. The zero-order chi connectivity index (χ0) is 20.1. The molecule has 3 nitrogen and oxygen atoms in total. The van der Waals surface area contributed by atoms with Gasteiger partial charge in [0.1, 0.15) is 5.16 Å². The topological polar surface area (TPSA) is 37.4 Å². The van der Waals surface area contributed by atoms with Crippen LogP contribution in [-0.2, 0) is 16.6 Å². The molecule has 0 aliphatic rings. The molecule has 3 aromatic rings. The van der Waals surface area contributed by atoms with Crippen LogP contribution in [0, 0.1) is 0 Å². The van der Waals surface area contributed by atoms with Crippen molar-refractivity contribution in [2.45, 2.75) is 13.0 Å². The van der Waals surface area contributed by atoms with Gasteiger partial charge in [-0.1, -0.05) is 84.4 Å². The van der Waals surface area contributed by atoms with Crippen molar-refractivity contribution in [3.63, 3.8) is 0 Å². The molecule has 0 aromatic heterocycles. The van der Waals surface area contributed by atoms with E-state index < -0.39 is 10.0 Å². The summed E-state index contributed by atoms with van der Waals surface area (Å²) in [4.78, 5) is 0. The molecule has 3 aromatic carbocycles. The molecule has 0 aliphatic heterocycles. The number of allylic oxidation sites excluding steroid dienone is 2. The van der Waals surface area contributed by atoms with E-state index in [2.05, 4.69) is 6.58 Å². The second-order valence-corrected chi connectivity index (χ2v) is 8.84. The molecule has 0 saturated carbocycles. The molecule has 0 saturated heterocycles. The second kappa shape index (κ2) is 8.63. The number of fused-ring (bicyclic) bond motifs is 1. The van der Waals surface area contributed by atoms with Gasteiger partial charge in [0.15, 0.2) is 0 Å². The summed E-state index contributed by atoms with van der Waals surface area (Å²) in [5, 5.41) is 2.38. The number of rotatable bonds is 7. The number of sulfonamides is 1. The quantitative estimate of drug-likeness (QED) is 0.364. The molecule has 144 valence electrons. The summed E-state index contributed by atoms with van der Waals surface area (Å²) in [5.74, 6) is 0. The average molecular weight is 412 g/mol. The van der Waals surface area contributed by atoms with Crippen molar-refractivity contribution in [1.29, 1.82) is 0 Å². The predicted octanol–water partition coefficient (Wildman–Crippen LogP) is 5.79. The molecule has 0 unspecified atom stereocenters. The van der Waals surface area contributed by atoms with Gasteiger partial charge < -0.3 is 0 Å². The lowest BCUT2D eigenvalue weighted by molar-refractivity contribution is 0.494. The fraction of sp³-hybridized carbons (Fsp3) is 0.130. The normalized spacial score (nSPS) is 12.5. The van der Waals surface area contributed by atoms with Crippen LogP contribution >= 0.6 is 11.6 Å². The molecule has 0 fully saturated rings. The Kier molecular flexibility index (Phi) is 6.22. The number of hydrogen-bond donors (Lipinski definition) is 0. The van der Waals surface area contributed by atoms with Crippen molar-refractivity contribution in [3.05, 3.63) is 102 Å². The Morgan fingerprint density at radius 3 is 2.29 bits per heavy atom. The van der Waals surface area contributed by atoms with Gasteiger partial charge in [0, 0.05) is 0 Å². The number of benzene rings is 3. The van der Waals surface area contributed by atoms with Crippen LogP contribution in [0.3, 0.4) is 0 Å². The highest BCUT2D eigenvalue weighted by Gasteiger charge is 2.22. The summed E-state index contributed by atoms with van der Waals surface area (Å²) in [6.45, 7) is 3.99. The van der Waals surface area contributed by atoms with E-state index in [9.17, 15) is 8.42 Å². The zero-order valence-corrected chi connectivity index (χ0v) is 17.2. The maximum absolute atomic E-state index is 12.5. The number of hydrogen-bond acceptors (Lipinski definition) is 2. The molecular formula is C23H22ClNO2S. The lowest BCUT2D eigenvalue weighted by Crippen LogP contribution is -2.27. The van der Waals surface area contributed by atoms with E-state index in [1.165, 1.54) is 10.6 Å². The molecule has 28 heavy (non-hydrogen) atoms. The standard InChI is InChI=1S/C23H22ClNO2S/c1-3-9-22(21-15-14-19-12-7-8-13-20(19)16-21)23(24)25(28(2,26)27)17-18-10-5-4-6-11-18/h3-8,10-16H,1,9,17H2,2H3/b23-22-. The molecular weight excluding hydrogens is 390 g/mol. The summed E-state index contributed by atoms with van der Waals surface area (Å²) >= 11 is 6.69. The Bertz CT molecular complexity index is 1120. The number of halogens is 1. The average Bonchev–Trinajstić information content (AvgIpc) is 2.69. The van der Waals surface area contributed by atoms with Crippen LogP contribution in [0.1, 0.15) is 17.5 Å². The summed E-state index contributed by atoms with van der Waals surface area (Å²) in [6.07, 6.45) is 3.36. The van der Waals surface area contributed by atoms with E-state index in [-0.39, 0.29) is 11.7 Å². The van der Waals surface area contributed by atoms with Crippen molar-refractivity contribution in [2.75, 3.05) is 6.26 Å². The first-order valence-corrected chi connectivity index (χ1v) is 11.1. The lowest BCUT2D eigenvalue weighted by atomic mass is 9.99. The summed E-state index contributed by atoms with van der Waals surface area (Å²) in [5.41, 5.74) is 2.47. The smallest absolute Gasteiger partial charge is 0.233 e. The van der Waals surface area contributed by atoms with Gasteiger partial charge in [-0.2, -0.15) is 0 Å². The van der Waals surface area contributed by atoms with Gasteiger partial charge in [-0.3, -0.25) is 4.31 Å². The first kappa shape index (κ1) is 20.2. The molecule has 0 heterocycles. The van der Waals surface area contributed by atoms with E-state index >= 15 is 0 Å². The highest BCUT2D eigenvalue weighted by Crippen LogP contribution is 2.32. The van der Waals surface area contributed by atoms with Crippen LogP contribution in [-0.4, -0.2) is 19.0 Å². The third-order valence-electron chi connectivity index (χ3n) is 4.48. The molecule has 0 aliphatic carbocycles. The van der Waals surface area contributed by atoms with E-state index in [1.54, 1.807) is 6.08 Å². The Labute approximate surface area is 171 Å². The lowest BCUT2D eigenvalue weighted by Gasteiger charge is -2.24. The van der Waals surface area contributed by atoms with E-state index in [0.29, 0.717) is 6.42 Å². The van der Waals surface area contributed by atoms with Crippen LogP contribution in [0.15, 0.2) is 90.6 Å². The first-order chi connectivity index (χ1) is 13.4. The zero-order valence-electron chi connectivity index (χ0n) is 15.7. The fourth-order valence-corrected chi connectivity index (χ4v) is 4.48. The van der Waals surface area contributed by atoms with Gasteiger partial charge in [-0.15, -0.1) is 6.58 Å². The van der Waals surface area contributed by atoms with Crippen LogP contribution in [0.4, 0.5) is 0 Å². The van der Waals surface area contributed by atoms with E-state index in [4.69, 9.17) is 11.6 Å². The molecule has 5 heteroatoms. The minimum absolute atomic E-state index is 0.173. The van der Waals surface area contributed by atoms with Crippen LogP contribution in [0.25, 0.3) is 16.3 Å². The molecule has 3 rings (SSSR count). The predicted molar refractivity (Wildman–Crippen MR) is 118 cm³/mol. The van der Waals surface area contributed by atoms with Gasteiger partial charge in [0.05, 0.1) is 12.8 Å². The first-order valence-electron chi connectivity index (χ1n) is 8.90. The van der Waals surface area contributed by atoms with Crippen LogP contribution in [0.5, 0.6) is 0 Å². The van der Waals surface area contributed by atoms with Crippen molar-refractivity contribution in [3.8, 4) is 0 Å².